The zero-order chi connectivity index (χ0) is 19.4. The van der Waals surface area contributed by atoms with Crippen molar-refractivity contribution < 1.29 is 22.2 Å². The van der Waals surface area contributed by atoms with Gasteiger partial charge in [0.2, 0.25) is 27.6 Å². The molecule has 3 aromatic rings. The van der Waals surface area contributed by atoms with Crippen LogP contribution < -0.4 is 5.32 Å². The van der Waals surface area contributed by atoms with E-state index in [0.29, 0.717) is 29.6 Å². The van der Waals surface area contributed by atoms with Gasteiger partial charge in [-0.25, -0.2) is 8.42 Å². The zero-order valence-corrected chi connectivity index (χ0v) is 15.6. The Hall–Kier alpha value is -2.98. The monoisotopic (exact) mass is 390 g/mol. The number of aromatic nitrogens is 2. The second-order valence-corrected chi connectivity index (χ2v) is 7.98. The van der Waals surface area contributed by atoms with Crippen LogP contribution in [0.5, 0.6) is 0 Å². The maximum atomic E-state index is 12.2. The normalized spacial score (nSPS) is 11.7. The lowest BCUT2D eigenvalue weighted by Crippen LogP contribution is -2.34. The molecule has 10 heteroatoms. The first-order chi connectivity index (χ1) is 12.8. The van der Waals surface area contributed by atoms with Crippen LogP contribution in [0.15, 0.2) is 51.6 Å². The Bertz CT molecular complexity index is 1030. The Morgan fingerprint density at radius 3 is 2.70 bits per heavy atom. The summed E-state index contributed by atoms with van der Waals surface area (Å²) in [5.41, 5.74) is 1.30. The number of carbonyl (C=O) groups is 1. The van der Waals surface area contributed by atoms with E-state index in [1.54, 1.807) is 24.3 Å². The van der Waals surface area contributed by atoms with Crippen LogP contribution in [0.2, 0.25) is 0 Å². The summed E-state index contributed by atoms with van der Waals surface area (Å²) < 4.78 is 34.3. The van der Waals surface area contributed by atoms with Crippen molar-refractivity contribution in [3.05, 3.63) is 54.1 Å². The quantitative estimate of drug-likeness (QED) is 0.653. The molecule has 0 aliphatic rings. The van der Waals surface area contributed by atoms with Gasteiger partial charge in [0, 0.05) is 12.7 Å². The third-order valence-corrected chi connectivity index (χ3v) is 5.04. The molecule has 0 saturated heterocycles. The van der Waals surface area contributed by atoms with Gasteiger partial charge < -0.3 is 14.3 Å². The van der Waals surface area contributed by atoms with Crippen LogP contribution >= 0.6 is 0 Å². The number of benzene rings is 1. The summed E-state index contributed by atoms with van der Waals surface area (Å²) in [6.45, 7) is -0.281. The Kier molecular flexibility index (Phi) is 5.38. The summed E-state index contributed by atoms with van der Waals surface area (Å²) in [6.07, 6.45) is 2.86. The highest BCUT2D eigenvalue weighted by Crippen LogP contribution is 2.21. The van der Waals surface area contributed by atoms with Crippen molar-refractivity contribution in [1.82, 2.24) is 14.4 Å². The van der Waals surface area contributed by atoms with Crippen molar-refractivity contribution in [3.63, 3.8) is 0 Å². The van der Waals surface area contributed by atoms with E-state index in [4.69, 9.17) is 8.94 Å². The Morgan fingerprint density at radius 1 is 1.22 bits per heavy atom. The van der Waals surface area contributed by atoms with Crippen molar-refractivity contribution in [2.24, 2.45) is 0 Å². The Labute approximate surface area is 156 Å². The van der Waals surface area contributed by atoms with Crippen molar-refractivity contribution in [1.29, 1.82) is 0 Å². The second-order valence-electron chi connectivity index (χ2n) is 5.89. The summed E-state index contributed by atoms with van der Waals surface area (Å²) in [6, 6.07) is 10.6. The lowest BCUT2D eigenvalue weighted by atomic mass is 10.1. The molecule has 0 unspecified atom stereocenters. The number of likely N-dealkylation sites (N-methyl/N-ethyl adjacent to an activating group) is 1. The summed E-state index contributed by atoms with van der Waals surface area (Å²) in [4.78, 5) is 16.4. The third-order valence-electron chi connectivity index (χ3n) is 3.78. The molecule has 0 spiro atoms. The molecule has 1 aromatic carbocycles. The number of rotatable bonds is 7. The number of carbonyl (C=O) groups excluding carboxylic acids is 1. The van der Waals surface area contributed by atoms with Crippen molar-refractivity contribution in [2.75, 3.05) is 25.2 Å². The highest BCUT2D eigenvalue weighted by molar-refractivity contribution is 7.88. The van der Waals surface area contributed by atoms with Crippen molar-refractivity contribution in [2.45, 2.75) is 6.42 Å². The lowest BCUT2D eigenvalue weighted by molar-refractivity contribution is -0.116. The molecule has 0 saturated carbocycles. The molecule has 0 fully saturated rings. The first kappa shape index (κ1) is 18.8. The van der Waals surface area contributed by atoms with Crippen LogP contribution in [0.4, 0.5) is 5.69 Å². The minimum atomic E-state index is -3.44. The smallest absolute Gasteiger partial charge is 0.239 e. The highest BCUT2D eigenvalue weighted by Gasteiger charge is 2.17. The summed E-state index contributed by atoms with van der Waals surface area (Å²) in [5, 5.41) is 6.59. The molecule has 1 N–H and O–H groups in total. The fourth-order valence-corrected chi connectivity index (χ4v) is 2.65. The number of anilines is 1. The molecule has 2 heterocycles. The standard InChI is InChI=1S/C17H18N4O5S/c1-21(27(2,23)24)11-15(22)18-13-7-4-3-6-12(13)10-16-19-17(20-26-16)14-8-5-9-25-14/h3-9H,10-11H2,1-2H3,(H,18,22). The van der Waals surface area contributed by atoms with E-state index in [0.717, 1.165) is 16.1 Å². The third kappa shape index (κ3) is 4.80. The maximum Gasteiger partial charge on any atom is 0.239 e. The fraction of sp³-hybridized carbons (Fsp3) is 0.235. The van der Waals surface area contributed by atoms with Gasteiger partial charge in [-0.15, -0.1) is 0 Å². The summed E-state index contributed by atoms with van der Waals surface area (Å²) >= 11 is 0. The molecule has 3 rings (SSSR count). The molecular weight excluding hydrogens is 372 g/mol. The molecule has 1 amide bonds. The first-order valence-corrected chi connectivity index (χ1v) is 9.83. The number of hydrogen-bond donors (Lipinski definition) is 1. The van der Waals surface area contributed by atoms with Crippen LogP contribution in [0.3, 0.4) is 0 Å². The Morgan fingerprint density at radius 2 is 2.00 bits per heavy atom. The van der Waals surface area contributed by atoms with Gasteiger partial charge in [0.25, 0.3) is 0 Å². The van der Waals surface area contributed by atoms with Gasteiger partial charge in [0.15, 0.2) is 5.76 Å². The topological polar surface area (TPSA) is 119 Å². The van der Waals surface area contributed by atoms with E-state index >= 15 is 0 Å². The molecular formula is C17H18N4O5S. The average molecular weight is 390 g/mol. The maximum absolute atomic E-state index is 12.2. The summed E-state index contributed by atoms with van der Waals surface area (Å²) in [5.74, 6) is 0.746. The number of para-hydroxylation sites is 1. The molecule has 2 aromatic heterocycles. The van der Waals surface area contributed by atoms with Crippen LogP contribution in [0.25, 0.3) is 11.6 Å². The van der Waals surface area contributed by atoms with Crippen LogP contribution in [0.1, 0.15) is 11.5 Å². The van der Waals surface area contributed by atoms with Crippen molar-refractivity contribution in [3.8, 4) is 11.6 Å². The number of nitrogens with one attached hydrogen (secondary N) is 1. The SMILES string of the molecule is CN(CC(=O)Nc1ccccc1Cc1nc(-c2ccco2)no1)S(C)(=O)=O. The predicted octanol–water partition coefficient (Wildman–Crippen LogP) is 1.75. The van der Waals surface area contributed by atoms with Gasteiger partial charge in [0.05, 0.1) is 25.5 Å². The molecule has 27 heavy (non-hydrogen) atoms. The molecule has 0 bridgehead atoms. The van der Waals surface area contributed by atoms with Gasteiger partial charge in [-0.1, -0.05) is 23.4 Å². The van der Waals surface area contributed by atoms with E-state index in [1.807, 2.05) is 12.1 Å². The fourth-order valence-electron chi connectivity index (χ4n) is 2.30. The van der Waals surface area contributed by atoms with Gasteiger partial charge in [-0.05, 0) is 23.8 Å². The Balaban J connectivity index is 1.72. The summed E-state index contributed by atoms with van der Waals surface area (Å²) in [7, 11) is -2.09. The molecule has 0 aliphatic carbocycles. The van der Waals surface area contributed by atoms with E-state index in [-0.39, 0.29) is 6.54 Å². The van der Waals surface area contributed by atoms with E-state index in [1.165, 1.54) is 13.3 Å². The van der Waals surface area contributed by atoms with E-state index in [9.17, 15) is 13.2 Å². The number of sulfonamides is 1. The molecule has 142 valence electrons. The zero-order valence-electron chi connectivity index (χ0n) is 14.7. The molecule has 9 nitrogen and oxygen atoms in total. The van der Waals surface area contributed by atoms with Crippen molar-refractivity contribution >= 4 is 21.6 Å². The van der Waals surface area contributed by atoms with E-state index in [2.05, 4.69) is 15.5 Å². The molecule has 0 aliphatic heterocycles. The number of amides is 1. The average Bonchev–Trinajstić information content (AvgIpc) is 3.27. The first-order valence-electron chi connectivity index (χ1n) is 7.98. The van der Waals surface area contributed by atoms with Crippen LogP contribution in [-0.2, 0) is 21.2 Å². The molecule has 0 radical (unpaired) electrons. The minimum absolute atomic E-state index is 0.281. The van der Waals surface area contributed by atoms with Gasteiger partial charge in [-0.3, -0.25) is 4.79 Å². The van der Waals surface area contributed by atoms with Gasteiger partial charge >= 0.3 is 0 Å². The largest absolute Gasteiger partial charge is 0.461 e. The minimum Gasteiger partial charge on any atom is -0.461 e. The van der Waals surface area contributed by atoms with Gasteiger partial charge in [-0.2, -0.15) is 9.29 Å². The lowest BCUT2D eigenvalue weighted by Gasteiger charge is -2.15. The van der Waals surface area contributed by atoms with E-state index < -0.39 is 15.9 Å². The van der Waals surface area contributed by atoms with Crippen LogP contribution in [-0.4, -0.2) is 48.6 Å². The number of nitrogens with zero attached hydrogens (tertiary/aromatic N) is 3. The van der Waals surface area contributed by atoms with Crippen LogP contribution in [0, 0.1) is 0 Å². The predicted molar refractivity (Wildman–Crippen MR) is 97.4 cm³/mol. The molecule has 0 atom stereocenters. The number of furan rings is 1. The van der Waals surface area contributed by atoms with Gasteiger partial charge in [0.1, 0.15) is 0 Å². The number of hydrogen-bond acceptors (Lipinski definition) is 7. The highest BCUT2D eigenvalue weighted by atomic mass is 32.2. The second kappa shape index (κ2) is 7.72.